The number of rotatable bonds is 18. The number of hydrogen-bond acceptors (Lipinski definition) is 4. The van der Waals surface area contributed by atoms with Crippen molar-refractivity contribution in [3.8, 4) is 0 Å². The topological polar surface area (TPSA) is 108 Å². The summed E-state index contributed by atoms with van der Waals surface area (Å²) in [6.07, 6.45) is 11.1. The van der Waals surface area contributed by atoms with Crippen molar-refractivity contribution in [2.75, 3.05) is 19.6 Å². The van der Waals surface area contributed by atoms with Gasteiger partial charge in [-0.2, -0.15) is 0 Å². The van der Waals surface area contributed by atoms with Crippen LogP contribution in [0, 0.1) is 11.3 Å². The second-order valence-corrected chi connectivity index (χ2v) is 9.63. The van der Waals surface area contributed by atoms with Crippen molar-refractivity contribution in [1.82, 2.24) is 16.0 Å². The van der Waals surface area contributed by atoms with Gasteiger partial charge in [0.05, 0.1) is 6.54 Å². The number of aliphatic carboxylic acids is 1. The maximum atomic E-state index is 12.6. The Morgan fingerprint density at radius 2 is 1.32 bits per heavy atom. The number of nitrogens with one attached hydrogen (secondary N) is 3. The molecule has 31 heavy (non-hydrogen) atoms. The average molecular weight is 442 g/mol. The molecule has 0 aliphatic rings. The molecule has 2 atom stereocenters. The summed E-state index contributed by atoms with van der Waals surface area (Å²) in [6.45, 7) is 11.1. The van der Waals surface area contributed by atoms with Gasteiger partial charge in [-0.3, -0.25) is 14.4 Å². The maximum absolute atomic E-state index is 12.6. The van der Waals surface area contributed by atoms with Crippen molar-refractivity contribution in [3.63, 3.8) is 0 Å². The molecule has 0 bridgehead atoms. The van der Waals surface area contributed by atoms with E-state index < -0.39 is 17.4 Å². The number of unbranched alkanes of at least 4 members (excludes halogenated alkanes) is 8. The predicted molar refractivity (Wildman–Crippen MR) is 126 cm³/mol. The largest absolute Gasteiger partial charge is 0.480 e. The third kappa shape index (κ3) is 15.8. The van der Waals surface area contributed by atoms with Gasteiger partial charge in [-0.05, 0) is 25.3 Å². The van der Waals surface area contributed by atoms with E-state index in [1.165, 1.54) is 32.1 Å². The van der Waals surface area contributed by atoms with Crippen LogP contribution in [0.1, 0.15) is 98.8 Å². The van der Waals surface area contributed by atoms with Gasteiger partial charge in [0.25, 0.3) is 0 Å². The van der Waals surface area contributed by atoms with Gasteiger partial charge < -0.3 is 21.1 Å². The predicted octanol–water partition coefficient (Wildman–Crippen LogP) is 3.86. The summed E-state index contributed by atoms with van der Waals surface area (Å²) in [4.78, 5) is 35.3. The minimum atomic E-state index is -0.804. The second kappa shape index (κ2) is 17.0. The van der Waals surface area contributed by atoms with Gasteiger partial charge in [0.2, 0.25) is 11.8 Å². The van der Waals surface area contributed by atoms with Gasteiger partial charge >= 0.3 is 5.97 Å². The molecule has 0 aromatic rings. The fourth-order valence-electron chi connectivity index (χ4n) is 3.19. The Kier molecular flexibility index (Phi) is 16.1. The van der Waals surface area contributed by atoms with Crippen LogP contribution in [0.15, 0.2) is 0 Å². The van der Waals surface area contributed by atoms with Crippen LogP contribution in [-0.2, 0) is 14.4 Å². The van der Waals surface area contributed by atoms with E-state index in [0.717, 1.165) is 38.6 Å². The molecule has 0 aromatic carbocycles. The van der Waals surface area contributed by atoms with E-state index in [9.17, 15) is 14.4 Å². The van der Waals surface area contributed by atoms with E-state index in [4.69, 9.17) is 5.11 Å². The van der Waals surface area contributed by atoms with E-state index in [1.54, 1.807) is 0 Å². The molecule has 0 aliphatic heterocycles. The van der Waals surface area contributed by atoms with Crippen molar-refractivity contribution < 1.29 is 19.5 Å². The van der Waals surface area contributed by atoms with Crippen LogP contribution >= 0.6 is 0 Å². The lowest BCUT2D eigenvalue weighted by atomic mass is 9.92. The zero-order valence-electron chi connectivity index (χ0n) is 20.5. The Morgan fingerprint density at radius 3 is 1.77 bits per heavy atom. The molecule has 7 nitrogen and oxygen atoms in total. The Labute approximate surface area is 189 Å². The number of carboxylic acid groups (broad SMARTS) is 1. The fourth-order valence-corrected chi connectivity index (χ4v) is 3.19. The molecule has 0 rings (SSSR count). The van der Waals surface area contributed by atoms with E-state index in [0.29, 0.717) is 6.54 Å². The maximum Gasteiger partial charge on any atom is 0.317 e. The first-order valence-electron chi connectivity index (χ1n) is 12.1. The van der Waals surface area contributed by atoms with Crippen molar-refractivity contribution in [2.45, 2.75) is 105 Å². The zero-order chi connectivity index (χ0) is 23.7. The molecule has 0 fully saturated rings. The Bertz CT molecular complexity index is 517. The van der Waals surface area contributed by atoms with E-state index >= 15 is 0 Å². The van der Waals surface area contributed by atoms with Crippen molar-refractivity contribution >= 4 is 17.8 Å². The highest BCUT2D eigenvalue weighted by atomic mass is 16.4. The summed E-state index contributed by atoms with van der Waals surface area (Å²) in [5, 5.41) is 17.4. The number of carboxylic acids is 1. The van der Waals surface area contributed by atoms with Gasteiger partial charge in [0, 0.05) is 12.0 Å². The fraction of sp³-hybridized carbons (Fsp3) is 0.875. The van der Waals surface area contributed by atoms with Crippen LogP contribution < -0.4 is 16.0 Å². The second-order valence-electron chi connectivity index (χ2n) is 9.63. The molecule has 0 radical (unpaired) electrons. The minimum Gasteiger partial charge on any atom is -0.480 e. The molecule has 0 spiro atoms. The smallest absolute Gasteiger partial charge is 0.317 e. The lowest BCUT2D eigenvalue weighted by Crippen LogP contribution is -2.52. The summed E-state index contributed by atoms with van der Waals surface area (Å²) in [6, 6.07) is -0.476. The average Bonchev–Trinajstić information content (AvgIpc) is 2.70. The van der Waals surface area contributed by atoms with Crippen LogP contribution in [0.4, 0.5) is 0 Å². The summed E-state index contributed by atoms with van der Waals surface area (Å²) in [7, 11) is 0. The standard InChI is InChI=1S/C24H47N3O4/c1-6-19(2)21(27-23(31)24(3,4)5)22(30)26-17-15-13-11-9-7-8-10-12-14-16-25-18-20(28)29/h19,21,25H,6-18H2,1-5H3,(H,26,30)(H,27,31)(H,28,29). The van der Waals surface area contributed by atoms with Crippen LogP contribution in [0.2, 0.25) is 0 Å². The van der Waals surface area contributed by atoms with Crippen molar-refractivity contribution in [2.24, 2.45) is 11.3 Å². The lowest BCUT2D eigenvalue weighted by Gasteiger charge is -2.27. The molecule has 7 heteroatoms. The molecule has 4 N–H and O–H groups in total. The highest BCUT2D eigenvalue weighted by molar-refractivity contribution is 5.89. The number of amides is 2. The first-order valence-corrected chi connectivity index (χ1v) is 12.1. The van der Waals surface area contributed by atoms with E-state index in [1.807, 2.05) is 34.6 Å². The van der Waals surface area contributed by atoms with Crippen LogP contribution in [0.5, 0.6) is 0 Å². The summed E-state index contributed by atoms with van der Waals surface area (Å²) in [5.41, 5.74) is -0.511. The normalized spacial score (nSPS) is 13.5. The molecule has 0 saturated heterocycles. The van der Waals surface area contributed by atoms with Crippen LogP contribution in [0.3, 0.4) is 0 Å². The molecule has 2 unspecified atom stereocenters. The first-order chi connectivity index (χ1) is 14.6. The SMILES string of the molecule is CCC(C)C(NC(=O)C(C)(C)C)C(=O)NCCCCCCCCCCCNCC(=O)O. The molecule has 182 valence electrons. The molecule has 0 saturated carbocycles. The molecule has 0 aliphatic carbocycles. The zero-order valence-corrected chi connectivity index (χ0v) is 20.5. The van der Waals surface area contributed by atoms with Crippen LogP contribution in [0.25, 0.3) is 0 Å². The minimum absolute atomic E-state index is 0.0459. The monoisotopic (exact) mass is 441 g/mol. The molecular weight excluding hydrogens is 394 g/mol. The molecule has 0 aromatic heterocycles. The molecular formula is C24H47N3O4. The van der Waals surface area contributed by atoms with Crippen molar-refractivity contribution in [3.05, 3.63) is 0 Å². The number of carbonyl (C=O) groups excluding carboxylic acids is 2. The Balaban J connectivity index is 3.80. The summed E-state index contributed by atoms with van der Waals surface area (Å²) in [5.74, 6) is -0.879. The number of carbonyl (C=O) groups is 3. The number of hydrogen-bond donors (Lipinski definition) is 4. The quantitative estimate of drug-likeness (QED) is 0.242. The lowest BCUT2D eigenvalue weighted by molar-refractivity contribution is -0.136. The van der Waals surface area contributed by atoms with Gasteiger partial charge in [0.1, 0.15) is 6.04 Å². The summed E-state index contributed by atoms with van der Waals surface area (Å²) < 4.78 is 0. The van der Waals surface area contributed by atoms with Gasteiger partial charge in [-0.25, -0.2) is 0 Å². The van der Waals surface area contributed by atoms with E-state index in [2.05, 4.69) is 16.0 Å². The van der Waals surface area contributed by atoms with Crippen molar-refractivity contribution in [1.29, 1.82) is 0 Å². The third-order valence-electron chi connectivity index (χ3n) is 5.57. The third-order valence-corrected chi connectivity index (χ3v) is 5.57. The molecule has 0 heterocycles. The van der Waals surface area contributed by atoms with Gasteiger partial charge in [-0.1, -0.05) is 86.0 Å². The Hall–Kier alpha value is -1.63. The van der Waals surface area contributed by atoms with E-state index in [-0.39, 0.29) is 24.3 Å². The molecule has 2 amide bonds. The highest BCUT2D eigenvalue weighted by Gasteiger charge is 2.30. The van der Waals surface area contributed by atoms with Crippen LogP contribution in [-0.4, -0.2) is 48.6 Å². The Morgan fingerprint density at radius 1 is 0.839 bits per heavy atom. The summed E-state index contributed by atoms with van der Waals surface area (Å²) >= 11 is 0. The highest BCUT2D eigenvalue weighted by Crippen LogP contribution is 2.16. The first kappa shape index (κ1) is 29.4. The van der Waals surface area contributed by atoms with Gasteiger partial charge in [0.15, 0.2) is 0 Å². The van der Waals surface area contributed by atoms with Gasteiger partial charge in [-0.15, -0.1) is 0 Å².